The number of ether oxygens (including phenoxy) is 1. The fourth-order valence-electron chi connectivity index (χ4n) is 4.13. The number of rotatable bonds is 8. The lowest BCUT2D eigenvalue weighted by Gasteiger charge is -2.20. The Labute approximate surface area is 208 Å². The number of nitrogens with zero attached hydrogens (tertiary/aromatic N) is 4. The van der Waals surface area contributed by atoms with Gasteiger partial charge < -0.3 is 9.30 Å². The number of carbonyl (C=O) groups is 1. The molecule has 0 fully saturated rings. The summed E-state index contributed by atoms with van der Waals surface area (Å²) in [6.45, 7) is 6.93. The second-order valence-electron chi connectivity index (χ2n) is 8.11. The molecule has 2 aliphatic heterocycles. The predicted octanol–water partition coefficient (Wildman–Crippen LogP) is 5.48. The number of amidine groups is 2. The van der Waals surface area contributed by atoms with Crippen molar-refractivity contribution in [3.05, 3.63) is 84.1 Å². The lowest BCUT2D eigenvalue weighted by molar-refractivity contribution is -0.114. The molecule has 1 aromatic heterocycles. The molecule has 1 N–H and O–H groups in total. The molecule has 3 heterocycles. The van der Waals surface area contributed by atoms with Gasteiger partial charge in [-0.1, -0.05) is 49.4 Å². The van der Waals surface area contributed by atoms with Gasteiger partial charge in [-0.15, -0.1) is 6.58 Å². The van der Waals surface area contributed by atoms with Crippen LogP contribution in [-0.4, -0.2) is 38.1 Å². The molecule has 2 aliphatic rings. The zero-order valence-corrected chi connectivity index (χ0v) is 20.2. The van der Waals surface area contributed by atoms with Crippen molar-refractivity contribution in [2.75, 3.05) is 6.61 Å². The van der Waals surface area contributed by atoms with Gasteiger partial charge in [0, 0.05) is 22.7 Å². The minimum absolute atomic E-state index is 0.0509. The Bertz CT molecular complexity index is 1430. The van der Waals surface area contributed by atoms with Crippen molar-refractivity contribution in [1.82, 2.24) is 9.58 Å². The molecule has 5 rings (SSSR count). The Morgan fingerprint density at radius 2 is 1.97 bits per heavy atom. The van der Waals surface area contributed by atoms with Crippen LogP contribution in [0.15, 0.2) is 83.0 Å². The van der Waals surface area contributed by atoms with E-state index in [4.69, 9.17) is 10.1 Å². The number of benzene rings is 2. The van der Waals surface area contributed by atoms with E-state index in [1.807, 2.05) is 67.7 Å². The summed E-state index contributed by atoms with van der Waals surface area (Å²) in [5.74, 6) is 0.492. The molecule has 0 saturated carbocycles. The van der Waals surface area contributed by atoms with Crippen molar-refractivity contribution in [2.24, 2.45) is 10.1 Å². The number of hydrazone groups is 1. The number of thioether (sulfide) groups is 1. The third kappa shape index (κ3) is 4.44. The summed E-state index contributed by atoms with van der Waals surface area (Å²) in [5.41, 5.74) is 3.22. The first-order valence-electron chi connectivity index (χ1n) is 11.5. The van der Waals surface area contributed by atoms with E-state index in [2.05, 4.69) is 21.2 Å². The first-order valence-corrected chi connectivity index (χ1v) is 12.3. The highest BCUT2D eigenvalue weighted by molar-refractivity contribution is 8.26. The number of fused-ring (bicyclic) bond motifs is 2. The molecule has 7 nitrogen and oxygen atoms in total. The number of para-hydroxylation sites is 2. The Balaban J connectivity index is 1.42. The molecule has 8 heteroatoms. The highest BCUT2D eigenvalue weighted by Gasteiger charge is 2.35. The van der Waals surface area contributed by atoms with Crippen LogP contribution in [0, 0.1) is 5.41 Å². The van der Waals surface area contributed by atoms with Gasteiger partial charge in [0.2, 0.25) is 5.17 Å². The molecule has 1 amide bonds. The van der Waals surface area contributed by atoms with Crippen LogP contribution in [-0.2, 0) is 17.8 Å². The van der Waals surface area contributed by atoms with E-state index in [1.54, 1.807) is 6.08 Å². The van der Waals surface area contributed by atoms with E-state index in [9.17, 15) is 4.79 Å². The van der Waals surface area contributed by atoms with E-state index in [-0.39, 0.29) is 11.4 Å². The molecule has 176 valence electrons. The largest absolute Gasteiger partial charge is 0.491 e. The zero-order valence-electron chi connectivity index (χ0n) is 19.4. The number of aromatic nitrogens is 1. The van der Waals surface area contributed by atoms with E-state index < -0.39 is 5.91 Å². The SMILES string of the molecule is C=CCc1ccccc1OCCn1cc(/C=C2/C(=N)N3N=C(CC)SC3=NC2=O)c2ccccc21. The van der Waals surface area contributed by atoms with Gasteiger partial charge in [0.1, 0.15) is 17.4 Å². The van der Waals surface area contributed by atoms with Crippen LogP contribution in [0.5, 0.6) is 5.75 Å². The fraction of sp³-hybridized carbons (Fsp3) is 0.185. The monoisotopic (exact) mass is 483 g/mol. The van der Waals surface area contributed by atoms with Gasteiger partial charge in [-0.25, -0.2) is 0 Å². The van der Waals surface area contributed by atoms with Gasteiger partial charge in [0.05, 0.1) is 12.1 Å². The van der Waals surface area contributed by atoms with Crippen molar-refractivity contribution in [3.63, 3.8) is 0 Å². The van der Waals surface area contributed by atoms with Crippen LogP contribution in [0.1, 0.15) is 24.5 Å². The van der Waals surface area contributed by atoms with Gasteiger partial charge in [0.15, 0.2) is 5.84 Å². The summed E-state index contributed by atoms with van der Waals surface area (Å²) in [4.78, 5) is 17.0. The topological polar surface area (TPSA) is 83.0 Å². The van der Waals surface area contributed by atoms with Gasteiger partial charge in [-0.3, -0.25) is 10.2 Å². The summed E-state index contributed by atoms with van der Waals surface area (Å²) in [7, 11) is 0. The zero-order chi connectivity index (χ0) is 24.4. The third-order valence-electron chi connectivity index (χ3n) is 5.84. The second-order valence-corrected chi connectivity index (χ2v) is 9.15. The second kappa shape index (κ2) is 9.76. The van der Waals surface area contributed by atoms with E-state index in [0.717, 1.165) is 45.7 Å². The maximum Gasteiger partial charge on any atom is 0.283 e. The minimum Gasteiger partial charge on any atom is -0.491 e. The average Bonchev–Trinajstić information content (AvgIpc) is 3.44. The summed E-state index contributed by atoms with van der Waals surface area (Å²) in [5, 5.41) is 16.8. The number of hydrogen-bond donors (Lipinski definition) is 1. The maximum absolute atomic E-state index is 12.8. The third-order valence-corrected chi connectivity index (χ3v) is 6.90. The fourth-order valence-corrected chi connectivity index (χ4v) is 4.95. The lowest BCUT2D eigenvalue weighted by atomic mass is 10.1. The maximum atomic E-state index is 12.8. The summed E-state index contributed by atoms with van der Waals surface area (Å²) >= 11 is 1.34. The first-order chi connectivity index (χ1) is 17.1. The van der Waals surface area contributed by atoms with Gasteiger partial charge in [-0.05, 0) is 48.4 Å². The highest BCUT2D eigenvalue weighted by atomic mass is 32.2. The number of aliphatic imine (C=N–C) groups is 1. The van der Waals surface area contributed by atoms with Crippen molar-refractivity contribution < 1.29 is 9.53 Å². The predicted molar refractivity (Wildman–Crippen MR) is 143 cm³/mol. The molecule has 0 unspecified atom stereocenters. The number of amides is 1. The molecular formula is C27H25N5O2S. The van der Waals surface area contributed by atoms with Gasteiger partial charge in [-0.2, -0.15) is 15.1 Å². The van der Waals surface area contributed by atoms with Crippen molar-refractivity contribution in [1.29, 1.82) is 5.41 Å². The summed E-state index contributed by atoms with van der Waals surface area (Å²) in [6, 6.07) is 16.0. The van der Waals surface area contributed by atoms with Crippen LogP contribution in [0.25, 0.3) is 17.0 Å². The highest BCUT2D eigenvalue weighted by Crippen LogP contribution is 2.31. The van der Waals surface area contributed by atoms with Crippen molar-refractivity contribution in [3.8, 4) is 5.75 Å². The van der Waals surface area contributed by atoms with Crippen LogP contribution in [0.3, 0.4) is 0 Å². The average molecular weight is 484 g/mol. The van der Waals surface area contributed by atoms with Crippen LogP contribution >= 0.6 is 11.8 Å². The molecule has 0 bridgehead atoms. The molecule has 3 aromatic rings. The smallest absolute Gasteiger partial charge is 0.283 e. The quantitative estimate of drug-likeness (QED) is 0.340. The molecular weight excluding hydrogens is 458 g/mol. The standard InChI is InChI=1S/C27H25N5O2S/c1-3-9-18-10-5-8-13-23(18)34-15-14-31-17-19(20-11-6-7-12-22(20)31)16-21-25(28)32-27(29-26(21)33)35-24(4-2)30-32/h3,5-8,10-13,16-17,28H,1,4,9,14-15H2,2H3/b21-16-,28-25?. The minimum atomic E-state index is -0.416. The molecule has 35 heavy (non-hydrogen) atoms. The van der Waals surface area contributed by atoms with E-state index in [1.165, 1.54) is 16.8 Å². The number of hydrogen-bond acceptors (Lipinski definition) is 5. The summed E-state index contributed by atoms with van der Waals surface area (Å²) < 4.78 is 8.20. The Kier molecular flexibility index (Phi) is 6.37. The molecule has 0 radical (unpaired) electrons. The van der Waals surface area contributed by atoms with Crippen LogP contribution < -0.4 is 4.74 Å². The Morgan fingerprint density at radius 1 is 1.17 bits per heavy atom. The lowest BCUT2D eigenvalue weighted by Crippen LogP contribution is -2.35. The van der Waals surface area contributed by atoms with E-state index in [0.29, 0.717) is 18.3 Å². The first kappa shape index (κ1) is 22.9. The van der Waals surface area contributed by atoms with Gasteiger partial charge in [0.25, 0.3) is 5.91 Å². The van der Waals surface area contributed by atoms with E-state index >= 15 is 0 Å². The van der Waals surface area contributed by atoms with Crippen LogP contribution in [0.4, 0.5) is 0 Å². The number of nitrogens with one attached hydrogen (secondary N) is 1. The van der Waals surface area contributed by atoms with Gasteiger partial charge >= 0.3 is 0 Å². The molecule has 0 spiro atoms. The Hall–Kier alpha value is -3.91. The van der Waals surface area contributed by atoms with Crippen molar-refractivity contribution >= 4 is 50.7 Å². The number of carbonyl (C=O) groups excluding carboxylic acids is 1. The molecule has 0 aliphatic carbocycles. The molecule has 0 atom stereocenters. The van der Waals surface area contributed by atoms with Crippen LogP contribution in [0.2, 0.25) is 0 Å². The molecule has 0 saturated heterocycles. The van der Waals surface area contributed by atoms with Crippen molar-refractivity contribution in [2.45, 2.75) is 26.3 Å². The normalized spacial score (nSPS) is 16.5. The Morgan fingerprint density at radius 3 is 2.80 bits per heavy atom. The molecule has 2 aromatic carbocycles. The summed E-state index contributed by atoms with van der Waals surface area (Å²) in [6.07, 6.45) is 7.09. The number of allylic oxidation sites excluding steroid dienone is 1.